The molecule has 0 aliphatic carbocycles. The lowest BCUT2D eigenvalue weighted by Crippen LogP contribution is -2.12. The molecule has 0 amide bonds. The molecular weight excluding hydrogens is 286 g/mol. The van der Waals surface area contributed by atoms with E-state index >= 15 is 0 Å². The van der Waals surface area contributed by atoms with Gasteiger partial charge in [0.2, 0.25) is 0 Å². The Morgan fingerprint density at radius 2 is 1.57 bits per heavy atom. The van der Waals surface area contributed by atoms with Crippen molar-refractivity contribution in [1.82, 2.24) is 15.0 Å². The molecule has 0 aliphatic rings. The van der Waals surface area contributed by atoms with Gasteiger partial charge in [-0.25, -0.2) is 0 Å². The van der Waals surface area contributed by atoms with Crippen LogP contribution in [0.4, 0.5) is 0 Å². The summed E-state index contributed by atoms with van der Waals surface area (Å²) in [5, 5.41) is 10.4. The first-order valence-electron chi connectivity index (χ1n) is 7.33. The second-order valence-corrected chi connectivity index (χ2v) is 5.25. The zero-order valence-corrected chi connectivity index (χ0v) is 12.3. The molecule has 110 valence electrons. The molecule has 4 heteroatoms. The van der Waals surface area contributed by atoms with Gasteiger partial charge in [0.25, 0.3) is 5.91 Å². The molecule has 0 aliphatic heterocycles. The zero-order valence-electron chi connectivity index (χ0n) is 12.3. The van der Waals surface area contributed by atoms with Gasteiger partial charge < -0.3 is 0 Å². The van der Waals surface area contributed by atoms with Crippen molar-refractivity contribution in [2.45, 2.75) is 0 Å². The molecule has 3 aromatic carbocycles. The lowest BCUT2D eigenvalue weighted by molar-refractivity contribution is 0.0943. The number of hydrogen-bond acceptors (Lipinski definition) is 3. The standard InChI is InChI=1S/C19H13N3O/c23-19(15-8-2-1-3-9-15)22-13-18(20-21-22)17-12-6-10-14-7-4-5-11-16(14)17/h1-13H. The quantitative estimate of drug-likeness (QED) is 0.566. The normalized spacial score (nSPS) is 10.8. The number of benzene rings is 3. The summed E-state index contributed by atoms with van der Waals surface area (Å²) in [4.78, 5) is 12.4. The Balaban J connectivity index is 1.77. The van der Waals surface area contributed by atoms with Crippen molar-refractivity contribution in [3.05, 3.63) is 84.6 Å². The molecule has 0 saturated heterocycles. The summed E-state index contributed by atoms with van der Waals surface area (Å²) in [6.07, 6.45) is 1.68. The maximum Gasteiger partial charge on any atom is 0.279 e. The third kappa shape index (κ3) is 2.40. The minimum absolute atomic E-state index is 0.190. The van der Waals surface area contributed by atoms with Gasteiger partial charge in [0.05, 0.1) is 6.20 Å². The van der Waals surface area contributed by atoms with E-state index in [2.05, 4.69) is 22.4 Å². The number of nitrogens with zero attached hydrogens (tertiary/aromatic N) is 3. The summed E-state index contributed by atoms with van der Waals surface area (Å²) < 4.78 is 1.28. The van der Waals surface area contributed by atoms with Crippen LogP contribution < -0.4 is 0 Å². The highest BCUT2D eigenvalue weighted by atomic mass is 16.2. The van der Waals surface area contributed by atoms with Crippen molar-refractivity contribution in [1.29, 1.82) is 0 Å². The van der Waals surface area contributed by atoms with Crippen molar-refractivity contribution in [2.75, 3.05) is 0 Å². The van der Waals surface area contributed by atoms with Gasteiger partial charge in [-0.3, -0.25) is 4.79 Å². The van der Waals surface area contributed by atoms with E-state index in [1.807, 2.05) is 48.5 Å². The van der Waals surface area contributed by atoms with Crippen LogP contribution in [0.5, 0.6) is 0 Å². The van der Waals surface area contributed by atoms with Gasteiger partial charge >= 0.3 is 0 Å². The fourth-order valence-electron chi connectivity index (χ4n) is 2.65. The topological polar surface area (TPSA) is 47.8 Å². The van der Waals surface area contributed by atoms with Crippen molar-refractivity contribution in [3.8, 4) is 11.3 Å². The predicted octanol–water partition coefficient (Wildman–Crippen LogP) is 3.79. The highest BCUT2D eigenvalue weighted by molar-refractivity contribution is 5.97. The lowest BCUT2D eigenvalue weighted by Gasteiger charge is -2.02. The van der Waals surface area contributed by atoms with Crippen molar-refractivity contribution in [3.63, 3.8) is 0 Å². The molecule has 23 heavy (non-hydrogen) atoms. The number of rotatable bonds is 2. The van der Waals surface area contributed by atoms with Crippen molar-refractivity contribution in [2.24, 2.45) is 0 Å². The van der Waals surface area contributed by atoms with Crippen molar-refractivity contribution >= 4 is 16.7 Å². The summed E-state index contributed by atoms with van der Waals surface area (Å²) >= 11 is 0. The van der Waals surface area contributed by atoms with Gasteiger partial charge in [0.1, 0.15) is 5.69 Å². The van der Waals surface area contributed by atoms with Gasteiger partial charge in [0, 0.05) is 11.1 Å². The third-order valence-corrected chi connectivity index (χ3v) is 3.79. The van der Waals surface area contributed by atoms with Gasteiger partial charge in [-0.1, -0.05) is 65.9 Å². The summed E-state index contributed by atoms with van der Waals surface area (Å²) in [6.45, 7) is 0. The van der Waals surface area contributed by atoms with Crippen LogP contribution in [0.25, 0.3) is 22.0 Å². The Kier molecular flexibility index (Phi) is 3.20. The van der Waals surface area contributed by atoms with Gasteiger partial charge in [0.15, 0.2) is 0 Å². The molecule has 0 spiro atoms. The Bertz CT molecular complexity index is 984. The maximum absolute atomic E-state index is 12.4. The summed E-state index contributed by atoms with van der Waals surface area (Å²) in [5.74, 6) is -0.190. The Hall–Kier alpha value is -3.27. The second kappa shape index (κ2) is 5.50. The van der Waals surface area contributed by atoms with Crippen LogP contribution >= 0.6 is 0 Å². The Morgan fingerprint density at radius 1 is 0.826 bits per heavy atom. The molecule has 0 unspecified atom stereocenters. The molecule has 4 nitrogen and oxygen atoms in total. The molecule has 1 aromatic heterocycles. The van der Waals surface area contributed by atoms with Crippen LogP contribution in [0, 0.1) is 0 Å². The first kappa shape index (κ1) is 13.4. The Labute approximate surface area is 133 Å². The molecular formula is C19H13N3O. The average molecular weight is 299 g/mol. The summed E-state index contributed by atoms with van der Waals surface area (Å²) in [6, 6.07) is 23.2. The summed E-state index contributed by atoms with van der Waals surface area (Å²) in [7, 11) is 0. The number of carbonyl (C=O) groups is 1. The van der Waals surface area contributed by atoms with E-state index in [0.717, 1.165) is 16.3 Å². The predicted molar refractivity (Wildman–Crippen MR) is 89.1 cm³/mol. The number of fused-ring (bicyclic) bond motifs is 1. The minimum Gasteiger partial charge on any atom is -0.267 e. The average Bonchev–Trinajstić information content (AvgIpc) is 3.11. The van der Waals surface area contributed by atoms with E-state index in [-0.39, 0.29) is 5.91 Å². The van der Waals surface area contributed by atoms with Crippen LogP contribution in [-0.2, 0) is 0 Å². The minimum atomic E-state index is -0.190. The zero-order chi connectivity index (χ0) is 15.6. The van der Waals surface area contributed by atoms with E-state index in [0.29, 0.717) is 11.3 Å². The first-order chi connectivity index (χ1) is 11.3. The molecule has 0 atom stereocenters. The molecule has 0 bridgehead atoms. The molecule has 1 heterocycles. The van der Waals surface area contributed by atoms with Crippen LogP contribution in [0.2, 0.25) is 0 Å². The lowest BCUT2D eigenvalue weighted by atomic mass is 10.0. The number of carbonyl (C=O) groups excluding carboxylic acids is 1. The van der Waals surface area contributed by atoms with Gasteiger partial charge in [-0.2, -0.15) is 4.68 Å². The Morgan fingerprint density at radius 3 is 2.43 bits per heavy atom. The summed E-state index contributed by atoms with van der Waals surface area (Å²) in [5.41, 5.74) is 2.24. The van der Waals surface area contributed by atoms with Crippen LogP contribution in [-0.4, -0.2) is 20.9 Å². The highest BCUT2D eigenvalue weighted by Gasteiger charge is 2.13. The number of aromatic nitrogens is 3. The van der Waals surface area contributed by atoms with Crippen LogP contribution in [0.15, 0.2) is 79.0 Å². The van der Waals surface area contributed by atoms with E-state index in [1.54, 1.807) is 18.3 Å². The van der Waals surface area contributed by atoms with Crippen molar-refractivity contribution < 1.29 is 4.79 Å². The van der Waals surface area contributed by atoms with Crippen LogP contribution in [0.3, 0.4) is 0 Å². The molecule has 0 fully saturated rings. The third-order valence-electron chi connectivity index (χ3n) is 3.79. The number of hydrogen-bond donors (Lipinski definition) is 0. The molecule has 4 aromatic rings. The SMILES string of the molecule is O=C(c1ccccc1)n1cc(-c2cccc3ccccc23)nn1. The van der Waals surface area contributed by atoms with E-state index in [1.165, 1.54) is 4.68 Å². The fraction of sp³-hybridized carbons (Fsp3) is 0. The van der Waals surface area contributed by atoms with Crippen LogP contribution in [0.1, 0.15) is 10.4 Å². The maximum atomic E-state index is 12.4. The highest BCUT2D eigenvalue weighted by Crippen LogP contribution is 2.26. The molecule has 0 saturated carbocycles. The van der Waals surface area contributed by atoms with E-state index < -0.39 is 0 Å². The smallest absolute Gasteiger partial charge is 0.267 e. The monoisotopic (exact) mass is 299 g/mol. The van der Waals surface area contributed by atoms with Gasteiger partial charge in [-0.15, -0.1) is 5.10 Å². The molecule has 4 rings (SSSR count). The van der Waals surface area contributed by atoms with Gasteiger partial charge in [-0.05, 0) is 22.9 Å². The second-order valence-electron chi connectivity index (χ2n) is 5.25. The molecule has 0 radical (unpaired) electrons. The fourth-order valence-corrected chi connectivity index (χ4v) is 2.65. The first-order valence-corrected chi connectivity index (χ1v) is 7.33. The van der Waals surface area contributed by atoms with E-state index in [9.17, 15) is 4.79 Å². The largest absolute Gasteiger partial charge is 0.279 e. The van der Waals surface area contributed by atoms with E-state index in [4.69, 9.17) is 0 Å². The molecule has 0 N–H and O–H groups in total.